The zero-order chi connectivity index (χ0) is 29.1. The number of rotatable bonds is 7. The smallest absolute Gasteiger partial charge is 0.255 e. The normalized spacial score (nSPS) is 20.3. The van der Waals surface area contributed by atoms with Gasteiger partial charge in [-0.15, -0.1) is 0 Å². The summed E-state index contributed by atoms with van der Waals surface area (Å²) in [4.78, 5) is 29.7. The Labute approximate surface area is 246 Å². The number of methoxy groups -OCH3 is 1. The largest absolute Gasteiger partial charge is 0.372 e. The second-order valence-electron chi connectivity index (χ2n) is 12.6. The molecule has 4 aromatic rings. The molecule has 42 heavy (non-hydrogen) atoms. The fourth-order valence-corrected chi connectivity index (χ4v) is 6.76. The molecule has 3 aliphatic rings. The number of pyridine rings is 1. The van der Waals surface area contributed by atoms with Crippen molar-refractivity contribution in [1.29, 1.82) is 0 Å². The van der Waals surface area contributed by atoms with Crippen LogP contribution >= 0.6 is 0 Å². The number of benzene rings is 1. The highest BCUT2D eigenvalue weighted by atomic mass is 16.5. The van der Waals surface area contributed by atoms with Crippen molar-refractivity contribution in [3.8, 4) is 11.4 Å². The topological polar surface area (TPSA) is 98.1 Å². The number of amides is 2. The molecule has 0 radical (unpaired) electrons. The number of fused-ring (bicyclic) bond motifs is 2. The number of carbonyl (C=O) groups excluding carboxylic acids is 2. The fraction of sp³-hybridized carbons (Fsp3) is 0.485. The SMILES string of the molecule is COC(C)C(=O)N1CC(c2cccc3cc(-c4nn5cc(C(=O)N6CCCC(N)C6)ccc5c4C)n(CC4CC4)c23)C1. The second kappa shape index (κ2) is 10.5. The Bertz CT molecular complexity index is 1680. The Morgan fingerprint density at radius 3 is 2.64 bits per heavy atom. The highest BCUT2D eigenvalue weighted by Gasteiger charge is 2.36. The van der Waals surface area contributed by atoms with E-state index < -0.39 is 6.10 Å². The third-order valence-corrected chi connectivity index (χ3v) is 9.53. The number of hydrogen-bond donors (Lipinski definition) is 1. The van der Waals surface area contributed by atoms with Crippen LogP contribution in [0.25, 0.3) is 27.8 Å². The molecule has 7 rings (SSSR count). The lowest BCUT2D eigenvalue weighted by Crippen LogP contribution is -2.52. The molecular weight excluding hydrogens is 528 g/mol. The lowest BCUT2D eigenvalue weighted by molar-refractivity contribution is -0.145. The minimum Gasteiger partial charge on any atom is -0.372 e. The molecule has 3 aromatic heterocycles. The molecule has 2 unspecified atom stereocenters. The number of likely N-dealkylation sites (tertiary alicyclic amines) is 2. The van der Waals surface area contributed by atoms with Gasteiger partial charge in [-0.2, -0.15) is 5.10 Å². The molecule has 2 N–H and O–H groups in total. The van der Waals surface area contributed by atoms with Gasteiger partial charge in [-0.3, -0.25) is 9.59 Å². The summed E-state index contributed by atoms with van der Waals surface area (Å²) >= 11 is 0. The molecule has 220 valence electrons. The second-order valence-corrected chi connectivity index (χ2v) is 12.6. The van der Waals surface area contributed by atoms with E-state index in [2.05, 4.69) is 35.8 Å². The standard InChI is InChI=1S/C33H40N6O3/c1-20-28-12-11-24(33(41)36-13-5-7-26(34)19-36)18-39(28)35-30(20)29-14-23-6-4-8-27(31(23)38(29)15-22-9-10-22)25-16-37(17-25)32(40)21(2)42-3/h4,6,8,11-12,14,18,21-22,25-26H,5,7,9-10,13,15-17,19,34H2,1-3H3. The summed E-state index contributed by atoms with van der Waals surface area (Å²) in [5.41, 5.74) is 13.5. The van der Waals surface area contributed by atoms with E-state index in [1.807, 2.05) is 39.6 Å². The summed E-state index contributed by atoms with van der Waals surface area (Å²) in [6.45, 7) is 7.65. The number of piperidine rings is 1. The molecule has 1 aromatic carbocycles. The summed E-state index contributed by atoms with van der Waals surface area (Å²) in [7, 11) is 1.58. The first-order valence-electron chi connectivity index (χ1n) is 15.3. The monoisotopic (exact) mass is 568 g/mol. The van der Waals surface area contributed by atoms with Crippen molar-refractivity contribution in [3.05, 3.63) is 59.3 Å². The van der Waals surface area contributed by atoms with Gasteiger partial charge in [0.25, 0.3) is 11.8 Å². The van der Waals surface area contributed by atoms with E-state index in [0.29, 0.717) is 37.0 Å². The lowest BCUT2D eigenvalue weighted by atomic mass is 9.89. The van der Waals surface area contributed by atoms with Crippen LogP contribution < -0.4 is 5.73 Å². The zero-order valence-corrected chi connectivity index (χ0v) is 24.8. The van der Waals surface area contributed by atoms with Crippen LogP contribution in [0.2, 0.25) is 0 Å². The van der Waals surface area contributed by atoms with Gasteiger partial charge in [0.1, 0.15) is 11.8 Å². The number of nitrogens with zero attached hydrogens (tertiary/aromatic N) is 5. The minimum atomic E-state index is -0.418. The van der Waals surface area contributed by atoms with E-state index in [9.17, 15) is 9.59 Å². The van der Waals surface area contributed by atoms with E-state index in [-0.39, 0.29) is 17.9 Å². The van der Waals surface area contributed by atoms with Crippen LogP contribution in [0.15, 0.2) is 42.6 Å². The molecule has 1 aliphatic carbocycles. The number of aryl methyl sites for hydroxylation is 1. The Morgan fingerprint density at radius 2 is 1.90 bits per heavy atom. The van der Waals surface area contributed by atoms with E-state index in [1.165, 1.54) is 29.3 Å². The van der Waals surface area contributed by atoms with Gasteiger partial charge >= 0.3 is 0 Å². The first-order chi connectivity index (χ1) is 20.3. The van der Waals surface area contributed by atoms with E-state index >= 15 is 0 Å². The average Bonchev–Trinajstić information content (AvgIpc) is 3.64. The van der Waals surface area contributed by atoms with Gasteiger partial charge in [-0.1, -0.05) is 18.2 Å². The molecule has 3 fully saturated rings. The third-order valence-electron chi connectivity index (χ3n) is 9.53. The molecule has 5 heterocycles. The zero-order valence-electron chi connectivity index (χ0n) is 24.8. The van der Waals surface area contributed by atoms with Crippen molar-refractivity contribution >= 4 is 28.2 Å². The van der Waals surface area contributed by atoms with Gasteiger partial charge in [0.15, 0.2) is 0 Å². The number of para-hydroxylation sites is 1. The summed E-state index contributed by atoms with van der Waals surface area (Å²) in [5.74, 6) is 1.03. The Morgan fingerprint density at radius 1 is 1.10 bits per heavy atom. The Kier molecular flexibility index (Phi) is 6.82. The third kappa shape index (κ3) is 4.68. The molecule has 9 nitrogen and oxygen atoms in total. The highest BCUT2D eigenvalue weighted by molar-refractivity contribution is 5.95. The van der Waals surface area contributed by atoms with Crippen molar-refractivity contribution in [3.63, 3.8) is 0 Å². The maximum absolute atomic E-state index is 13.3. The number of aromatic nitrogens is 3. The summed E-state index contributed by atoms with van der Waals surface area (Å²) in [5, 5.41) is 6.28. The molecule has 2 aliphatic heterocycles. The fourth-order valence-electron chi connectivity index (χ4n) is 6.76. The molecule has 0 bridgehead atoms. The number of ether oxygens (including phenoxy) is 1. The molecule has 1 saturated carbocycles. The van der Waals surface area contributed by atoms with Crippen molar-refractivity contribution in [2.75, 3.05) is 33.3 Å². The van der Waals surface area contributed by atoms with Crippen molar-refractivity contribution in [2.24, 2.45) is 11.7 Å². The van der Waals surface area contributed by atoms with Gasteiger partial charge in [-0.25, -0.2) is 4.52 Å². The van der Waals surface area contributed by atoms with Crippen LogP contribution in [-0.2, 0) is 16.1 Å². The molecule has 9 heteroatoms. The Hall–Kier alpha value is -3.69. The molecule has 2 amide bonds. The number of hydrogen-bond acceptors (Lipinski definition) is 5. The minimum absolute atomic E-state index is 0.0159. The van der Waals surface area contributed by atoms with Crippen molar-refractivity contribution in [2.45, 2.75) is 64.1 Å². The van der Waals surface area contributed by atoms with Crippen LogP contribution in [0, 0.1) is 12.8 Å². The predicted molar refractivity (Wildman–Crippen MR) is 162 cm³/mol. The number of nitrogens with two attached hydrogens (primary N) is 1. The highest BCUT2D eigenvalue weighted by Crippen LogP contribution is 2.41. The summed E-state index contributed by atoms with van der Waals surface area (Å²) in [6, 6.07) is 12.8. The van der Waals surface area contributed by atoms with Crippen LogP contribution in [0.5, 0.6) is 0 Å². The predicted octanol–water partition coefficient (Wildman–Crippen LogP) is 4.20. The van der Waals surface area contributed by atoms with Crippen LogP contribution in [0.4, 0.5) is 0 Å². The van der Waals surface area contributed by atoms with Gasteiger partial charge in [0.05, 0.1) is 22.3 Å². The number of carbonyl (C=O) groups is 2. The van der Waals surface area contributed by atoms with E-state index in [0.717, 1.165) is 48.4 Å². The van der Waals surface area contributed by atoms with Gasteiger partial charge in [-0.05, 0) is 69.2 Å². The van der Waals surface area contributed by atoms with Crippen molar-refractivity contribution < 1.29 is 14.3 Å². The van der Waals surface area contributed by atoms with Gasteiger partial charge < -0.3 is 24.8 Å². The van der Waals surface area contributed by atoms with Crippen LogP contribution in [0.1, 0.15) is 60.0 Å². The van der Waals surface area contributed by atoms with E-state index in [4.69, 9.17) is 15.6 Å². The summed E-state index contributed by atoms with van der Waals surface area (Å²) < 4.78 is 9.61. The van der Waals surface area contributed by atoms with Crippen LogP contribution in [0.3, 0.4) is 0 Å². The average molecular weight is 569 g/mol. The quantitative estimate of drug-likeness (QED) is 0.360. The van der Waals surface area contributed by atoms with Crippen molar-refractivity contribution in [1.82, 2.24) is 24.0 Å². The molecule has 2 saturated heterocycles. The van der Waals surface area contributed by atoms with E-state index in [1.54, 1.807) is 7.11 Å². The maximum Gasteiger partial charge on any atom is 0.255 e. The molecule has 2 atom stereocenters. The first kappa shape index (κ1) is 27.2. The lowest BCUT2D eigenvalue weighted by Gasteiger charge is -2.41. The Balaban J connectivity index is 1.25. The first-order valence-corrected chi connectivity index (χ1v) is 15.3. The van der Waals surface area contributed by atoms with Gasteiger partial charge in [0.2, 0.25) is 0 Å². The van der Waals surface area contributed by atoms with Crippen LogP contribution in [-0.4, -0.2) is 81.2 Å². The molecular formula is C33H40N6O3. The summed E-state index contributed by atoms with van der Waals surface area (Å²) in [6.07, 6.45) is 5.85. The molecule has 0 spiro atoms. The maximum atomic E-state index is 13.3. The van der Waals surface area contributed by atoms with Gasteiger partial charge in [0, 0.05) is 68.9 Å².